The lowest BCUT2D eigenvalue weighted by molar-refractivity contribution is 0.0304. The van der Waals surface area contributed by atoms with E-state index in [4.69, 9.17) is 4.74 Å². The van der Waals surface area contributed by atoms with E-state index in [1.165, 1.54) is 0 Å². The zero-order valence-corrected chi connectivity index (χ0v) is 11.0. The van der Waals surface area contributed by atoms with Crippen molar-refractivity contribution in [2.45, 2.75) is 25.0 Å². The number of hydrogen-bond donors (Lipinski definition) is 0. The minimum Gasteiger partial charge on any atom is -0.371 e. The summed E-state index contributed by atoms with van der Waals surface area (Å²) >= 11 is 3.46. The van der Waals surface area contributed by atoms with Crippen LogP contribution in [0.3, 0.4) is 0 Å². The van der Waals surface area contributed by atoms with Gasteiger partial charge < -0.3 is 9.64 Å². The van der Waals surface area contributed by atoms with Gasteiger partial charge >= 0.3 is 0 Å². The molecule has 2 heterocycles. The first-order valence-electron chi connectivity index (χ1n) is 5.91. The summed E-state index contributed by atoms with van der Waals surface area (Å²) in [7, 11) is 0. The Morgan fingerprint density at radius 2 is 2.00 bits per heavy atom. The van der Waals surface area contributed by atoms with E-state index in [1.807, 2.05) is 18.2 Å². The molecule has 4 heteroatoms. The highest BCUT2D eigenvalue weighted by Gasteiger charge is 2.34. The van der Waals surface area contributed by atoms with Gasteiger partial charge in [0, 0.05) is 28.8 Å². The summed E-state index contributed by atoms with van der Waals surface area (Å²) in [5.41, 5.74) is 1.78. The van der Waals surface area contributed by atoms with Crippen LogP contribution in [0, 0.1) is 0 Å². The predicted molar refractivity (Wildman–Crippen MR) is 69.6 cm³/mol. The third-order valence-electron chi connectivity index (χ3n) is 3.50. The molecule has 0 radical (unpaired) electrons. The average Bonchev–Trinajstić information content (AvgIpc) is 2.68. The Bertz CT molecular complexity index is 437. The number of hydrogen-bond acceptors (Lipinski definition) is 3. The fourth-order valence-corrected chi connectivity index (χ4v) is 3.05. The standard InChI is InChI=1S/C13H14BrNO2/c14-10-2-1-9(8-16)13(5-10)15-6-11-3-4-12(7-15)17-11/h1-2,5,8,11-12H,3-4,6-7H2. The number of ether oxygens (including phenoxy) is 1. The Hall–Kier alpha value is -0.870. The molecule has 3 nitrogen and oxygen atoms in total. The number of aldehydes is 1. The van der Waals surface area contributed by atoms with Crippen LogP contribution in [-0.4, -0.2) is 31.6 Å². The van der Waals surface area contributed by atoms with E-state index in [0.29, 0.717) is 12.2 Å². The number of nitrogens with zero attached hydrogens (tertiary/aromatic N) is 1. The molecule has 2 bridgehead atoms. The van der Waals surface area contributed by atoms with Crippen LogP contribution in [0.5, 0.6) is 0 Å². The molecule has 0 saturated carbocycles. The molecule has 0 N–H and O–H groups in total. The minimum atomic E-state index is 0.340. The Morgan fingerprint density at radius 1 is 1.29 bits per heavy atom. The molecule has 2 fully saturated rings. The number of halogens is 1. The molecule has 2 aliphatic heterocycles. The van der Waals surface area contributed by atoms with Crippen LogP contribution in [0.4, 0.5) is 5.69 Å². The van der Waals surface area contributed by atoms with Crippen LogP contribution < -0.4 is 4.90 Å². The number of carbonyl (C=O) groups excluding carboxylic acids is 1. The van der Waals surface area contributed by atoms with Crippen LogP contribution >= 0.6 is 15.9 Å². The fourth-order valence-electron chi connectivity index (χ4n) is 2.70. The Balaban J connectivity index is 1.93. The third kappa shape index (κ3) is 2.11. The van der Waals surface area contributed by atoms with Crippen molar-refractivity contribution in [1.82, 2.24) is 0 Å². The van der Waals surface area contributed by atoms with E-state index < -0.39 is 0 Å². The summed E-state index contributed by atoms with van der Waals surface area (Å²) in [6.45, 7) is 1.79. The maximum absolute atomic E-state index is 11.1. The van der Waals surface area contributed by atoms with Gasteiger partial charge in [-0.15, -0.1) is 0 Å². The lowest BCUT2D eigenvalue weighted by Crippen LogP contribution is -2.43. The van der Waals surface area contributed by atoms with E-state index >= 15 is 0 Å². The van der Waals surface area contributed by atoms with Gasteiger partial charge in [-0.05, 0) is 31.0 Å². The average molecular weight is 296 g/mol. The number of rotatable bonds is 2. The molecule has 0 spiro atoms. The second-order valence-electron chi connectivity index (χ2n) is 4.68. The summed E-state index contributed by atoms with van der Waals surface area (Å²) in [5.74, 6) is 0. The highest BCUT2D eigenvalue weighted by atomic mass is 79.9. The largest absolute Gasteiger partial charge is 0.371 e. The molecule has 1 aromatic rings. The Kier molecular flexibility index (Phi) is 2.92. The van der Waals surface area contributed by atoms with Crippen molar-refractivity contribution in [2.24, 2.45) is 0 Å². The summed E-state index contributed by atoms with van der Waals surface area (Å²) < 4.78 is 6.82. The van der Waals surface area contributed by atoms with Crippen LogP contribution in [-0.2, 0) is 4.74 Å². The SMILES string of the molecule is O=Cc1ccc(Br)cc1N1CC2CCC(C1)O2. The monoisotopic (exact) mass is 295 g/mol. The maximum atomic E-state index is 11.1. The van der Waals surface area contributed by atoms with Crippen LogP contribution in [0.2, 0.25) is 0 Å². The molecule has 2 aliphatic rings. The molecular formula is C13H14BrNO2. The molecule has 0 amide bonds. The van der Waals surface area contributed by atoms with Gasteiger partial charge in [0.05, 0.1) is 12.2 Å². The van der Waals surface area contributed by atoms with Crippen LogP contribution in [0.1, 0.15) is 23.2 Å². The van der Waals surface area contributed by atoms with E-state index in [-0.39, 0.29) is 0 Å². The summed E-state index contributed by atoms with van der Waals surface area (Å²) in [5, 5.41) is 0. The molecule has 2 unspecified atom stereocenters. The number of fused-ring (bicyclic) bond motifs is 2. The first-order valence-corrected chi connectivity index (χ1v) is 6.70. The molecule has 17 heavy (non-hydrogen) atoms. The smallest absolute Gasteiger partial charge is 0.152 e. The highest BCUT2D eigenvalue weighted by molar-refractivity contribution is 9.10. The molecule has 0 aromatic heterocycles. The molecule has 0 aliphatic carbocycles. The maximum Gasteiger partial charge on any atom is 0.152 e. The number of carbonyl (C=O) groups is 1. The first-order chi connectivity index (χ1) is 8.26. The van der Waals surface area contributed by atoms with Crippen molar-refractivity contribution in [3.63, 3.8) is 0 Å². The molecule has 2 saturated heterocycles. The summed E-state index contributed by atoms with van der Waals surface area (Å²) in [4.78, 5) is 13.4. The molecule has 90 valence electrons. The van der Waals surface area contributed by atoms with Gasteiger partial charge in [-0.25, -0.2) is 0 Å². The van der Waals surface area contributed by atoms with E-state index in [1.54, 1.807) is 0 Å². The van der Waals surface area contributed by atoms with Gasteiger partial charge in [0.2, 0.25) is 0 Å². The Morgan fingerprint density at radius 3 is 2.65 bits per heavy atom. The van der Waals surface area contributed by atoms with Crippen LogP contribution in [0.15, 0.2) is 22.7 Å². The predicted octanol–water partition coefficient (Wildman–Crippen LogP) is 2.63. The van der Waals surface area contributed by atoms with Crippen molar-refractivity contribution >= 4 is 27.9 Å². The first kappa shape index (κ1) is 11.2. The molecule has 3 rings (SSSR count). The van der Waals surface area contributed by atoms with Gasteiger partial charge in [0.25, 0.3) is 0 Å². The topological polar surface area (TPSA) is 29.5 Å². The number of anilines is 1. The molecule has 2 atom stereocenters. The van der Waals surface area contributed by atoms with Gasteiger partial charge in [-0.3, -0.25) is 4.79 Å². The second kappa shape index (κ2) is 4.42. The zero-order chi connectivity index (χ0) is 11.8. The van der Waals surface area contributed by atoms with E-state index in [9.17, 15) is 4.79 Å². The van der Waals surface area contributed by atoms with E-state index in [0.717, 1.165) is 47.9 Å². The van der Waals surface area contributed by atoms with Crippen molar-refractivity contribution in [3.05, 3.63) is 28.2 Å². The lowest BCUT2D eigenvalue weighted by Gasteiger charge is -2.34. The molecular weight excluding hydrogens is 282 g/mol. The number of morpholine rings is 1. The van der Waals surface area contributed by atoms with Gasteiger partial charge in [0.15, 0.2) is 6.29 Å². The highest BCUT2D eigenvalue weighted by Crippen LogP contribution is 2.32. The zero-order valence-electron chi connectivity index (χ0n) is 9.43. The van der Waals surface area contributed by atoms with Crippen molar-refractivity contribution in [3.8, 4) is 0 Å². The third-order valence-corrected chi connectivity index (χ3v) is 4.00. The molecule has 1 aromatic carbocycles. The van der Waals surface area contributed by atoms with Crippen molar-refractivity contribution in [1.29, 1.82) is 0 Å². The number of benzene rings is 1. The van der Waals surface area contributed by atoms with Gasteiger partial charge in [-0.1, -0.05) is 15.9 Å². The quantitative estimate of drug-likeness (QED) is 0.786. The van der Waals surface area contributed by atoms with Crippen molar-refractivity contribution in [2.75, 3.05) is 18.0 Å². The van der Waals surface area contributed by atoms with Crippen LogP contribution in [0.25, 0.3) is 0 Å². The Labute approximate surface area is 109 Å². The van der Waals surface area contributed by atoms with Gasteiger partial charge in [-0.2, -0.15) is 0 Å². The second-order valence-corrected chi connectivity index (χ2v) is 5.60. The minimum absolute atomic E-state index is 0.340. The summed E-state index contributed by atoms with van der Waals surface area (Å²) in [6, 6.07) is 5.79. The van der Waals surface area contributed by atoms with Crippen molar-refractivity contribution < 1.29 is 9.53 Å². The lowest BCUT2D eigenvalue weighted by atomic mass is 10.1. The normalized spacial score (nSPS) is 27.2. The summed E-state index contributed by atoms with van der Waals surface area (Å²) in [6.07, 6.45) is 3.90. The fraction of sp³-hybridized carbons (Fsp3) is 0.462. The van der Waals surface area contributed by atoms with E-state index in [2.05, 4.69) is 20.8 Å². The van der Waals surface area contributed by atoms with Gasteiger partial charge in [0.1, 0.15) is 0 Å².